The molecular weight excluding hydrogens is 410 g/mol. The molecule has 2 N–H and O–H groups in total. The van der Waals surface area contributed by atoms with Gasteiger partial charge in [-0.1, -0.05) is 48.5 Å². The number of carbonyl (C=O) groups is 3. The number of carboxylic acids is 1. The molecule has 0 bridgehead atoms. The molecule has 0 aliphatic carbocycles. The molecule has 0 spiro atoms. The van der Waals surface area contributed by atoms with E-state index in [0.717, 1.165) is 0 Å². The number of benzene rings is 3. The number of Topliss-reactive ketones (excluding diaryl/α,β-unsaturated/α-hetero) is 1. The number of aromatic carboxylic acids is 1. The van der Waals surface area contributed by atoms with E-state index in [1.54, 1.807) is 60.7 Å². The zero-order valence-corrected chi connectivity index (χ0v) is 17.1. The molecule has 1 heterocycles. The molecule has 160 valence electrons. The first kappa shape index (κ1) is 20.9. The number of carboxylic acid groups (broad SMARTS) is 1. The number of ether oxygens (including phenoxy) is 1. The Kier molecular flexibility index (Phi) is 5.47. The smallest absolute Gasteiger partial charge is 0.335 e. The van der Waals surface area contributed by atoms with Crippen molar-refractivity contribution in [1.82, 2.24) is 0 Å². The lowest BCUT2D eigenvalue weighted by Gasteiger charge is -2.25. The van der Waals surface area contributed by atoms with Gasteiger partial charge >= 0.3 is 5.97 Å². The third kappa shape index (κ3) is 3.60. The second-order valence-corrected chi connectivity index (χ2v) is 7.16. The predicted octanol–water partition coefficient (Wildman–Crippen LogP) is 4.02. The molecule has 0 saturated carbocycles. The van der Waals surface area contributed by atoms with Crippen molar-refractivity contribution in [3.05, 3.63) is 101 Å². The van der Waals surface area contributed by atoms with E-state index in [9.17, 15) is 24.6 Å². The van der Waals surface area contributed by atoms with Crippen LogP contribution < -0.4 is 9.64 Å². The summed E-state index contributed by atoms with van der Waals surface area (Å²) in [6, 6.07) is 20.1. The summed E-state index contributed by atoms with van der Waals surface area (Å²) >= 11 is 0. The SMILES string of the molecule is COc1ccc([C@@H]2/C(=C(\O)c3ccccc3)C(=O)C(=O)N2c2cccc(C(=O)O)c2)cc1. The van der Waals surface area contributed by atoms with Gasteiger partial charge in [0.15, 0.2) is 0 Å². The molecule has 1 aliphatic rings. The fraction of sp³-hybridized carbons (Fsp3) is 0.0800. The van der Waals surface area contributed by atoms with Gasteiger partial charge in [0.05, 0.1) is 24.3 Å². The van der Waals surface area contributed by atoms with Gasteiger partial charge in [0.1, 0.15) is 11.5 Å². The molecule has 1 amide bonds. The number of ketones is 1. The van der Waals surface area contributed by atoms with E-state index in [2.05, 4.69) is 0 Å². The van der Waals surface area contributed by atoms with Gasteiger partial charge in [-0.25, -0.2) is 4.79 Å². The molecular formula is C25H19NO6. The summed E-state index contributed by atoms with van der Waals surface area (Å²) in [5.74, 6) is -2.59. The number of rotatable bonds is 5. The standard InChI is InChI=1S/C25H19NO6/c1-32-19-12-10-15(11-13-19)21-20(22(27)16-6-3-2-4-7-16)23(28)24(29)26(21)18-9-5-8-17(14-18)25(30)31/h2-14,21,27H,1H3,(H,30,31)/b22-20+/t21-/m1/s1. The number of methoxy groups -OCH3 is 1. The first-order chi connectivity index (χ1) is 15.4. The molecule has 0 radical (unpaired) electrons. The van der Waals surface area contributed by atoms with Gasteiger partial charge in [-0.05, 0) is 35.9 Å². The molecule has 0 unspecified atom stereocenters. The Morgan fingerprint density at radius 1 is 0.875 bits per heavy atom. The van der Waals surface area contributed by atoms with Gasteiger partial charge < -0.3 is 14.9 Å². The second kappa shape index (κ2) is 8.39. The predicted molar refractivity (Wildman–Crippen MR) is 118 cm³/mol. The van der Waals surface area contributed by atoms with E-state index in [4.69, 9.17) is 4.74 Å². The average Bonchev–Trinajstić information content (AvgIpc) is 3.09. The Morgan fingerprint density at radius 3 is 2.16 bits per heavy atom. The molecule has 1 aliphatic heterocycles. The Labute approximate surface area is 183 Å². The summed E-state index contributed by atoms with van der Waals surface area (Å²) in [6.07, 6.45) is 0. The van der Waals surface area contributed by atoms with Crippen LogP contribution in [0.3, 0.4) is 0 Å². The summed E-state index contributed by atoms with van der Waals surface area (Å²) < 4.78 is 5.20. The van der Waals surface area contributed by atoms with Gasteiger partial charge in [-0.3, -0.25) is 14.5 Å². The number of aliphatic hydroxyl groups is 1. The second-order valence-electron chi connectivity index (χ2n) is 7.16. The number of aliphatic hydroxyl groups excluding tert-OH is 1. The van der Waals surface area contributed by atoms with Crippen LogP contribution in [0.15, 0.2) is 84.4 Å². The number of nitrogens with zero attached hydrogens (tertiary/aromatic N) is 1. The minimum Gasteiger partial charge on any atom is -0.507 e. The Morgan fingerprint density at radius 2 is 1.53 bits per heavy atom. The van der Waals surface area contributed by atoms with Gasteiger partial charge in [0.2, 0.25) is 0 Å². The highest BCUT2D eigenvalue weighted by atomic mass is 16.5. The highest BCUT2D eigenvalue weighted by Crippen LogP contribution is 2.42. The summed E-state index contributed by atoms with van der Waals surface area (Å²) in [4.78, 5) is 38.9. The molecule has 1 atom stereocenters. The largest absolute Gasteiger partial charge is 0.507 e. The van der Waals surface area contributed by atoms with Crippen LogP contribution in [0.2, 0.25) is 0 Å². The number of hydrogen-bond acceptors (Lipinski definition) is 5. The lowest BCUT2D eigenvalue weighted by molar-refractivity contribution is -0.132. The van der Waals surface area contributed by atoms with Crippen LogP contribution in [0.25, 0.3) is 5.76 Å². The molecule has 32 heavy (non-hydrogen) atoms. The number of carbonyl (C=O) groups excluding carboxylic acids is 2. The zero-order valence-electron chi connectivity index (χ0n) is 17.1. The normalized spacial score (nSPS) is 17.4. The van der Waals surface area contributed by atoms with Crippen molar-refractivity contribution in [2.24, 2.45) is 0 Å². The number of hydrogen-bond donors (Lipinski definition) is 2. The first-order valence-corrected chi connectivity index (χ1v) is 9.76. The maximum atomic E-state index is 13.1. The van der Waals surface area contributed by atoms with Gasteiger partial charge in [-0.2, -0.15) is 0 Å². The van der Waals surface area contributed by atoms with E-state index in [1.165, 1.54) is 30.2 Å². The highest BCUT2D eigenvalue weighted by molar-refractivity contribution is 6.51. The van der Waals surface area contributed by atoms with Crippen LogP contribution in [0, 0.1) is 0 Å². The van der Waals surface area contributed by atoms with Crippen LogP contribution in [-0.2, 0) is 9.59 Å². The van der Waals surface area contributed by atoms with Gasteiger partial charge in [0.25, 0.3) is 11.7 Å². The Bertz CT molecular complexity index is 1230. The minimum absolute atomic E-state index is 0.0269. The topological polar surface area (TPSA) is 104 Å². The third-order valence-corrected chi connectivity index (χ3v) is 5.29. The van der Waals surface area contributed by atoms with Crippen LogP contribution in [0.5, 0.6) is 5.75 Å². The zero-order chi connectivity index (χ0) is 22.8. The molecule has 0 aromatic heterocycles. The van der Waals surface area contributed by atoms with E-state index in [-0.39, 0.29) is 22.6 Å². The summed E-state index contributed by atoms with van der Waals surface area (Å²) in [7, 11) is 1.52. The first-order valence-electron chi connectivity index (χ1n) is 9.76. The van der Waals surface area contributed by atoms with Gasteiger partial charge in [0, 0.05) is 11.3 Å². The lowest BCUT2D eigenvalue weighted by Crippen LogP contribution is -2.29. The lowest BCUT2D eigenvalue weighted by atomic mass is 9.95. The molecule has 7 nitrogen and oxygen atoms in total. The Balaban J connectivity index is 1.94. The van der Waals surface area contributed by atoms with Crippen molar-refractivity contribution in [2.45, 2.75) is 6.04 Å². The monoisotopic (exact) mass is 429 g/mol. The van der Waals surface area contributed by atoms with Crippen molar-refractivity contribution in [3.63, 3.8) is 0 Å². The summed E-state index contributed by atoms with van der Waals surface area (Å²) in [5.41, 5.74) is 1.08. The maximum absolute atomic E-state index is 13.1. The third-order valence-electron chi connectivity index (χ3n) is 5.29. The van der Waals surface area contributed by atoms with Crippen molar-refractivity contribution in [1.29, 1.82) is 0 Å². The average molecular weight is 429 g/mol. The highest BCUT2D eigenvalue weighted by Gasteiger charge is 2.47. The fourth-order valence-corrected chi connectivity index (χ4v) is 3.74. The summed E-state index contributed by atoms with van der Waals surface area (Å²) in [6.45, 7) is 0. The van der Waals surface area contributed by atoms with E-state index in [1.807, 2.05) is 0 Å². The molecule has 4 rings (SSSR count). The molecule has 7 heteroatoms. The van der Waals surface area contributed by atoms with Crippen LogP contribution in [0.1, 0.15) is 27.5 Å². The van der Waals surface area contributed by atoms with Crippen molar-refractivity contribution >= 4 is 29.1 Å². The van der Waals surface area contributed by atoms with Crippen LogP contribution in [0.4, 0.5) is 5.69 Å². The van der Waals surface area contributed by atoms with E-state index < -0.39 is 23.7 Å². The molecule has 1 fully saturated rings. The molecule has 1 saturated heterocycles. The van der Waals surface area contributed by atoms with Crippen LogP contribution in [-0.4, -0.2) is 35.0 Å². The number of anilines is 1. The van der Waals surface area contributed by atoms with Gasteiger partial charge in [-0.15, -0.1) is 0 Å². The number of amides is 1. The Hall–Kier alpha value is -4.39. The maximum Gasteiger partial charge on any atom is 0.335 e. The van der Waals surface area contributed by atoms with Crippen molar-refractivity contribution in [3.8, 4) is 5.75 Å². The van der Waals surface area contributed by atoms with Crippen LogP contribution >= 0.6 is 0 Å². The molecule has 3 aromatic rings. The van der Waals surface area contributed by atoms with Crippen molar-refractivity contribution < 1.29 is 29.3 Å². The summed E-state index contributed by atoms with van der Waals surface area (Å²) in [5, 5.41) is 20.4. The molecule has 3 aromatic carbocycles. The van der Waals surface area contributed by atoms with E-state index >= 15 is 0 Å². The minimum atomic E-state index is -1.16. The fourth-order valence-electron chi connectivity index (χ4n) is 3.74. The van der Waals surface area contributed by atoms with Crippen molar-refractivity contribution in [2.75, 3.05) is 12.0 Å². The quantitative estimate of drug-likeness (QED) is 0.361. The van der Waals surface area contributed by atoms with E-state index in [0.29, 0.717) is 16.9 Å².